The number of aliphatic imine (C=N–C) groups is 1. The molecule has 1 atom stereocenters. The summed E-state index contributed by atoms with van der Waals surface area (Å²) >= 11 is 6.41. The molecule has 3 aliphatic rings. The Morgan fingerprint density at radius 2 is 2.04 bits per heavy atom. The molecular weight excluding hydrogens is 373 g/mol. The molecule has 5 heteroatoms. The molecule has 152 valence electrons. The summed E-state index contributed by atoms with van der Waals surface area (Å²) in [4.78, 5) is 4.69. The van der Waals surface area contributed by atoms with E-state index < -0.39 is 0 Å². The summed E-state index contributed by atoms with van der Waals surface area (Å²) in [6.07, 6.45) is 22.3. The molecule has 0 aromatic heterocycles. The van der Waals surface area contributed by atoms with Gasteiger partial charge in [-0.2, -0.15) is 0 Å². The summed E-state index contributed by atoms with van der Waals surface area (Å²) in [7, 11) is 0. The van der Waals surface area contributed by atoms with Crippen molar-refractivity contribution in [3.8, 4) is 0 Å². The van der Waals surface area contributed by atoms with Gasteiger partial charge in [0.1, 0.15) is 12.0 Å². The van der Waals surface area contributed by atoms with E-state index in [1.54, 1.807) is 12.2 Å². The maximum atomic E-state index is 13.5. The van der Waals surface area contributed by atoms with E-state index in [0.29, 0.717) is 11.8 Å². The molecule has 0 saturated heterocycles. The standard InChI is InChI=1S/C23H31ClFN3/c24-23(27-21-12-5-2-6-13-21)28-22(15-14-18-8-3-1-4-9-18)26-17-19-10-7-11-20(25)16-19/h2,5,8,11-12,16,22,26H,1,3-4,6-7,9-10,13-15,17H2,(H,27,28). The quantitative estimate of drug-likeness (QED) is 0.220. The second-order valence-electron chi connectivity index (χ2n) is 7.68. The lowest BCUT2D eigenvalue weighted by Crippen LogP contribution is -2.32. The zero-order valence-electron chi connectivity index (χ0n) is 16.5. The minimum absolute atomic E-state index is 0.0857. The first-order chi connectivity index (χ1) is 13.7. The van der Waals surface area contributed by atoms with Crippen LogP contribution >= 0.6 is 11.6 Å². The maximum absolute atomic E-state index is 13.5. The van der Waals surface area contributed by atoms with Crippen LogP contribution in [0.1, 0.15) is 64.2 Å². The third-order valence-corrected chi connectivity index (χ3v) is 5.57. The Bertz CT molecular complexity index is 715. The van der Waals surface area contributed by atoms with Gasteiger partial charge in [-0.15, -0.1) is 0 Å². The minimum atomic E-state index is -0.132. The number of amidine groups is 1. The van der Waals surface area contributed by atoms with Crippen molar-refractivity contribution in [2.75, 3.05) is 6.54 Å². The SMILES string of the molecule is FC1=CCCC(CNC(CCC2=CCCCC2)N=C(Cl)NC2=CC=CCC2)=C1. The third kappa shape index (κ3) is 7.40. The topological polar surface area (TPSA) is 36.4 Å². The molecule has 1 unspecified atom stereocenters. The smallest absolute Gasteiger partial charge is 0.197 e. The fraction of sp³-hybridized carbons (Fsp3) is 0.522. The lowest BCUT2D eigenvalue weighted by Gasteiger charge is -2.20. The maximum Gasteiger partial charge on any atom is 0.197 e. The van der Waals surface area contributed by atoms with E-state index in [9.17, 15) is 4.39 Å². The summed E-state index contributed by atoms with van der Waals surface area (Å²) in [5.74, 6) is -0.132. The van der Waals surface area contributed by atoms with Crippen LogP contribution < -0.4 is 10.6 Å². The highest BCUT2D eigenvalue weighted by atomic mass is 35.5. The Labute approximate surface area is 173 Å². The van der Waals surface area contributed by atoms with Gasteiger partial charge < -0.3 is 5.32 Å². The van der Waals surface area contributed by atoms with Crippen molar-refractivity contribution in [2.24, 2.45) is 4.99 Å². The fourth-order valence-corrected chi connectivity index (χ4v) is 4.02. The number of nitrogens with one attached hydrogen (secondary N) is 2. The summed E-state index contributed by atoms with van der Waals surface area (Å²) in [5.41, 5.74) is 3.71. The van der Waals surface area contributed by atoms with Crippen LogP contribution in [-0.4, -0.2) is 18.0 Å². The van der Waals surface area contributed by atoms with E-state index in [-0.39, 0.29) is 12.0 Å². The molecule has 3 nitrogen and oxygen atoms in total. The Kier molecular flexibility index (Phi) is 8.56. The van der Waals surface area contributed by atoms with Gasteiger partial charge in [0.05, 0.1) is 0 Å². The van der Waals surface area contributed by atoms with Crippen molar-refractivity contribution in [3.63, 3.8) is 0 Å². The highest BCUT2D eigenvalue weighted by Crippen LogP contribution is 2.23. The van der Waals surface area contributed by atoms with E-state index in [0.717, 1.165) is 49.8 Å². The van der Waals surface area contributed by atoms with Crippen LogP contribution in [0.3, 0.4) is 0 Å². The molecule has 0 aromatic rings. The van der Waals surface area contributed by atoms with E-state index in [4.69, 9.17) is 16.6 Å². The monoisotopic (exact) mass is 403 g/mol. The Morgan fingerprint density at radius 1 is 1.11 bits per heavy atom. The van der Waals surface area contributed by atoms with Gasteiger partial charge in [-0.1, -0.05) is 29.4 Å². The van der Waals surface area contributed by atoms with Gasteiger partial charge in [0, 0.05) is 12.2 Å². The molecule has 0 bridgehead atoms. The van der Waals surface area contributed by atoms with Crippen molar-refractivity contribution in [3.05, 3.63) is 59.1 Å². The van der Waals surface area contributed by atoms with Crippen LogP contribution in [0.4, 0.5) is 4.39 Å². The van der Waals surface area contributed by atoms with Gasteiger partial charge >= 0.3 is 0 Å². The normalized spacial score (nSPS) is 21.4. The van der Waals surface area contributed by atoms with Gasteiger partial charge in [0.2, 0.25) is 0 Å². The first-order valence-corrected chi connectivity index (χ1v) is 10.9. The number of halogens is 2. The Balaban J connectivity index is 1.59. The molecule has 0 spiro atoms. The molecule has 0 saturated carbocycles. The summed E-state index contributed by atoms with van der Waals surface area (Å²) in [6.45, 7) is 0.643. The first-order valence-electron chi connectivity index (χ1n) is 10.5. The number of rotatable bonds is 8. The van der Waals surface area contributed by atoms with E-state index in [2.05, 4.69) is 22.8 Å². The molecule has 28 heavy (non-hydrogen) atoms. The van der Waals surface area contributed by atoms with Crippen LogP contribution in [0.25, 0.3) is 0 Å². The average molecular weight is 404 g/mol. The largest absolute Gasteiger partial charge is 0.334 e. The lowest BCUT2D eigenvalue weighted by atomic mass is 9.95. The van der Waals surface area contributed by atoms with Crippen molar-refractivity contribution in [1.82, 2.24) is 10.6 Å². The summed E-state index contributed by atoms with van der Waals surface area (Å²) < 4.78 is 13.5. The Morgan fingerprint density at radius 3 is 2.79 bits per heavy atom. The summed E-state index contributed by atoms with van der Waals surface area (Å²) in [5, 5.41) is 7.12. The number of hydrogen-bond donors (Lipinski definition) is 2. The molecule has 0 heterocycles. The molecule has 3 aliphatic carbocycles. The van der Waals surface area contributed by atoms with E-state index in [1.807, 2.05) is 12.2 Å². The van der Waals surface area contributed by atoms with Gasteiger partial charge in [-0.3, -0.25) is 5.32 Å². The predicted molar refractivity (Wildman–Crippen MR) is 117 cm³/mol. The van der Waals surface area contributed by atoms with Crippen LogP contribution in [0.5, 0.6) is 0 Å². The average Bonchev–Trinajstić information content (AvgIpc) is 2.71. The molecule has 0 aromatic carbocycles. The number of hydrogen-bond acceptors (Lipinski definition) is 2. The second kappa shape index (κ2) is 11.4. The van der Waals surface area contributed by atoms with Crippen LogP contribution in [0.2, 0.25) is 0 Å². The number of allylic oxidation sites excluding steroid dienone is 9. The molecular formula is C23H31ClFN3. The predicted octanol–water partition coefficient (Wildman–Crippen LogP) is 6.17. The van der Waals surface area contributed by atoms with Crippen LogP contribution in [0.15, 0.2) is 64.1 Å². The highest BCUT2D eigenvalue weighted by molar-refractivity contribution is 6.64. The molecule has 3 rings (SSSR count). The first kappa shape index (κ1) is 21.1. The summed E-state index contributed by atoms with van der Waals surface area (Å²) in [6, 6.07) is 0. The van der Waals surface area contributed by atoms with Gasteiger partial charge in [-0.25, -0.2) is 9.38 Å². The number of nitrogens with zero attached hydrogens (tertiary/aromatic N) is 1. The second-order valence-corrected chi connectivity index (χ2v) is 8.04. The van der Waals surface area contributed by atoms with Gasteiger partial charge in [0.15, 0.2) is 5.29 Å². The zero-order valence-corrected chi connectivity index (χ0v) is 17.3. The van der Waals surface area contributed by atoms with Crippen LogP contribution in [-0.2, 0) is 0 Å². The molecule has 0 fully saturated rings. The molecule has 0 aliphatic heterocycles. The molecule has 2 N–H and O–H groups in total. The van der Waals surface area contributed by atoms with Crippen molar-refractivity contribution >= 4 is 16.9 Å². The van der Waals surface area contributed by atoms with E-state index in [1.165, 1.54) is 31.3 Å². The van der Waals surface area contributed by atoms with Crippen LogP contribution in [0, 0.1) is 0 Å². The minimum Gasteiger partial charge on any atom is -0.334 e. The van der Waals surface area contributed by atoms with Crippen molar-refractivity contribution in [2.45, 2.75) is 70.4 Å². The van der Waals surface area contributed by atoms with Gasteiger partial charge in [-0.05, 0) is 94.0 Å². The zero-order chi connectivity index (χ0) is 19.6. The lowest BCUT2D eigenvalue weighted by molar-refractivity contribution is 0.503. The highest BCUT2D eigenvalue weighted by Gasteiger charge is 2.13. The fourth-order valence-electron chi connectivity index (χ4n) is 3.78. The molecule has 0 radical (unpaired) electrons. The van der Waals surface area contributed by atoms with Crippen molar-refractivity contribution in [1.29, 1.82) is 0 Å². The Hall–Kier alpha value is -1.65. The molecule has 0 amide bonds. The van der Waals surface area contributed by atoms with Crippen molar-refractivity contribution < 1.29 is 4.39 Å². The van der Waals surface area contributed by atoms with E-state index >= 15 is 0 Å². The third-order valence-electron chi connectivity index (χ3n) is 5.38. The van der Waals surface area contributed by atoms with Gasteiger partial charge in [0.25, 0.3) is 0 Å².